The van der Waals surface area contributed by atoms with Crippen LogP contribution in [0.3, 0.4) is 0 Å². The van der Waals surface area contributed by atoms with E-state index >= 15 is 0 Å². The van der Waals surface area contributed by atoms with E-state index in [1.165, 1.54) is 4.90 Å². The van der Waals surface area contributed by atoms with Crippen LogP contribution in [-0.4, -0.2) is 89.7 Å². The van der Waals surface area contributed by atoms with Crippen LogP contribution >= 0.6 is 0 Å². The van der Waals surface area contributed by atoms with Gasteiger partial charge in [0.1, 0.15) is 12.1 Å². The molecule has 0 radical (unpaired) electrons. The number of carbonyl (C=O) groups is 5. The van der Waals surface area contributed by atoms with Crippen molar-refractivity contribution >= 4 is 29.5 Å². The molecule has 2 aliphatic heterocycles. The van der Waals surface area contributed by atoms with E-state index in [2.05, 4.69) is 55.5 Å². The van der Waals surface area contributed by atoms with Gasteiger partial charge in [0.2, 0.25) is 17.6 Å². The second-order valence-corrected chi connectivity index (χ2v) is 15.9. The molecule has 2 fully saturated rings. The molecule has 2 rings (SSSR count). The lowest BCUT2D eigenvalue weighted by atomic mass is 9.81. The highest BCUT2D eigenvalue weighted by Crippen LogP contribution is 2.31. The molecule has 0 bridgehead atoms. The first-order valence-electron chi connectivity index (χ1n) is 15.9. The molecule has 11 nitrogen and oxygen atoms in total. The number of nitrogens with zero attached hydrogens (tertiary/aromatic N) is 2. The number of hydrogen-bond donors (Lipinski definition) is 4. The van der Waals surface area contributed by atoms with Gasteiger partial charge in [-0.15, -0.1) is 0 Å². The van der Waals surface area contributed by atoms with Gasteiger partial charge < -0.3 is 31.5 Å². The van der Waals surface area contributed by atoms with Crippen LogP contribution in [0.1, 0.15) is 101 Å². The molecular formula is C32H58N6O5. The number of ketones is 1. The van der Waals surface area contributed by atoms with E-state index in [4.69, 9.17) is 5.73 Å². The Morgan fingerprint density at radius 3 is 1.95 bits per heavy atom. The van der Waals surface area contributed by atoms with Gasteiger partial charge in [-0.05, 0) is 67.4 Å². The highest BCUT2D eigenvalue weighted by atomic mass is 16.2. The lowest BCUT2D eigenvalue weighted by molar-refractivity contribution is -0.143. The maximum Gasteiger partial charge on any atom is 0.315 e. The van der Waals surface area contributed by atoms with Gasteiger partial charge in [0.15, 0.2) is 0 Å². The normalized spacial score (nSPS) is 21.6. The van der Waals surface area contributed by atoms with Crippen LogP contribution in [0.25, 0.3) is 0 Å². The Kier molecular flexibility index (Phi) is 12.2. The summed E-state index contributed by atoms with van der Waals surface area (Å²) in [6.07, 6.45) is 3.49. The van der Waals surface area contributed by atoms with Crippen molar-refractivity contribution in [3.8, 4) is 0 Å². The number of rotatable bonds is 11. The minimum absolute atomic E-state index is 0.0292. The summed E-state index contributed by atoms with van der Waals surface area (Å²) >= 11 is 0. The summed E-state index contributed by atoms with van der Waals surface area (Å²) in [7, 11) is 0. The number of likely N-dealkylation sites (tertiary alicyclic amines) is 2. The third-order valence-electron chi connectivity index (χ3n) is 8.81. The Labute approximate surface area is 258 Å². The van der Waals surface area contributed by atoms with Crippen molar-refractivity contribution in [3.05, 3.63) is 0 Å². The summed E-state index contributed by atoms with van der Waals surface area (Å²) in [5, 5.41) is 8.76. The van der Waals surface area contributed by atoms with Crippen LogP contribution < -0.4 is 21.7 Å². The molecule has 0 spiro atoms. The predicted molar refractivity (Wildman–Crippen MR) is 168 cm³/mol. The molecule has 0 saturated carbocycles. The smallest absolute Gasteiger partial charge is 0.315 e. The molecule has 5 N–H and O–H groups in total. The number of primary amides is 1. The number of nitrogens with two attached hydrogens (primary N) is 1. The van der Waals surface area contributed by atoms with Gasteiger partial charge in [-0.25, -0.2) is 4.79 Å². The van der Waals surface area contributed by atoms with E-state index in [0.29, 0.717) is 24.8 Å². The Balaban J connectivity index is 2.16. The molecule has 2 heterocycles. The minimum Gasteiger partial charge on any atom is -0.363 e. The SMILES string of the molecule is CC(C)CC(NC(=O)C1CCCN1C(=O)C(NC(=O)NC(CN1CCC(C)(C)CC1)C(C)(C)C)C(C)(C)C)C(=O)C(N)=O. The summed E-state index contributed by atoms with van der Waals surface area (Å²) in [4.78, 5) is 68.6. The van der Waals surface area contributed by atoms with Crippen molar-refractivity contribution in [2.75, 3.05) is 26.2 Å². The standard InChI is InChI=1S/C32H58N6O5/c1-20(2)18-21(24(39)26(33)40)34-27(41)22-12-11-15-38(22)28(42)25(31(6,7)8)36-29(43)35-23(30(3,4)5)19-37-16-13-32(9,10)14-17-37/h20-23,25H,11-19H2,1-10H3,(H2,33,40)(H,34,41)(H2,35,36,43). The maximum absolute atomic E-state index is 14.0. The zero-order valence-corrected chi connectivity index (χ0v) is 28.3. The molecule has 0 aromatic carbocycles. The van der Waals surface area contributed by atoms with Crippen LogP contribution in [0.2, 0.25) is 0 Å². The molecule has 11 heteroatoms. The number of piperidine rings is 1. The highest BCUT2D eigenvalue weighted by molar-refractivity contribution is 6.37. The summed E-state index contributed by atoms with van der Waals surface area (Å²) in [6.45, 7) is 23.3. The van der Waals surface area contributed by atoms with Gasteiger partial charge >= 0.3 is 6.03 Å². The largest absolute Gasteiger partial charge is 0.363 e. The van der Waals surface area contributed by atoms with Crippen LogP contribution in [0, 0.1) is 22.2 Å². The van der Waals surface area contributed by atoms with E-state index in [1.807, 2.05) is 34.6 Å². The lowest BCUT2D eigenvalue weighted by Gasteiger charge is -2.41. The molecule has 0 aromatic rings. The van der Waals surface area contributed by atoms with Crippen molar-refractivity contribution in [1.29, 1.82) is 0 Å². The average molecular weight is 607 g/mol. The van der Waals surface area contributed by atoms with E-state index in [0.717, 1.165) is 32.5 Å². The molecule has 2 aliphatic rings. The zero-order chi connectivity index (χ0) is 32.9. The second kappa shape index (κ2) is 14.4. The second-order valence-electron chi connectivity index (χ2n) is 15.9. The number of urea groups is 1. The van der Waals surface area contributed by atoms with Crippen molar-refractivity contribution in [3.63, 3.8) is 0 Å². The monoisotopic (exact) mass is 606 g/mol. The fourth-order valence-electron chi connectivity index (χ4n) is 5.73. The molecule has 4 atom stereocenters. The summed E-state index contributed by atoms with van der Waals surface area (Å²) < 4.78 is 0. The Hall–Kier alpha value is -2.69. The third kappa shape index (κ3) is 10.8. The molecule has 246 valence electrons. The van der Waals surface area contributed by atoms with Crippen molar-refractivity contribution in [2.45, 2.75) is 126 Å². The van der Waals surface area contributed by atoms with Gasteiger partial charge in [0.25, 0.3) is 5.91 Å². The van der Waals surface area contributed by atoms with E-state index < -0.39 is 47.2 Å². The van der Waals surface area contributed by atoms with E-state index in [9.17, 15) is 24.0 Å². The molecule has 0 aliphatic carbocycles. The molecular weight excluding hydrogens is 548 g/mol. The first-order chi connectivity index (χ1) is 19.6. The molecule has 4 unspecified atom stereocenters. The number of carbonyl (C=O) groups excluding carboxylic acids is 5. The van der Waals surface area contributed by atoms with Crippen molar-refractivity contribution in [1.82, 2.24) is 25.8 Å². The molecule has 2 saturated heterocycles. The van der Waals surface area contributed by atoms with Gasteiger partial charge in [0, 0.05) is 19.1 Å². The number of hydrogen-bond acceptors (Lipinski definition) is 6. The fourth-order valence-corrected chi connectivity index (χ4v) is 5.73. The predicted octanol–water partition coefficient (Wildman–Crippen LogP) is 2.81. The fraction of sp³-hybridized carbons (Fsp3) is 0.844. The van der Waals surface area contributed by atoms with Crippen LogP contribution in [0.15, 0.2) is 0 Å². The molecule has 43 heavy (non-hydrogen) atoms. The summed E-state index contributed by atoms with van der Waals surface area (Å²) in [5.41, 5.74) is 4.70. The zero-order valence-electron chi connectivity index (χ0n) is 28.3. The first-order valence-corrected chi connectivity index (χ1v) is 15.9. The third-order valence-corrected chi connectivity index (χ3v) is 8.81. The highest BCUT2D eigenvalue weighted by Gasteiger charge is 2.43. The average Bonchev–Trinajstić information content (AvgIpc) is 3.35. The Morgan fingerprint density at radius 2 is 1.47 bits per heavy atom. The van der Waals surface area contributed by atoms with Crippen LogP contribution in [0.4, 0.5) is 4.79 Å². The minimum atomic E-state index is -1.11. The Morgan fingerprint density at radius 1 is 0.884 bits per heavy atom. The maximum atomic E-state index is 14.0. The summed E-state index contributed by atoms with van der Waals surface area (Å²) in [6, 6.07) is -3.32. The van der Waals surface area contributed by atoms with Crippen LogP contribution in [0.5, 0.6) is 0 Å². The van der Waals surface area contributed by atoms with Crippen LogP contribution in [-0.2, 0) is 19.2 Å². The van der Waals surface area contributed by atoms with E-state index in [-0.39, 0.29) is 29.7 Å². The van der Waals surface area contributed by atoms with Gasteiger partial charge in [-0.3, -0.25) is 19.2 Å². The quantitative estimate of drug-likeness (QED) is 0.265. The van der Waals surface area contributed by atoms with Gasteiger partial charge in [-0.2, -0.15) is 0 Å². The molecule has 0 aromatic heterocycles. The number of nitrogens with one attached hydrogen (secondary N) is 3. The number of Topliss-reactive ketones (excluding diaryl/α,β-unsaturated/α-hetero) is 1. The summed E-state index contributed by atoms with van der Waals surface area (Å²) in [5.74, 6) is -2.79. The van der Waals surface area contributed by atoms with Gasteiger partial charge in [-0.1, -0.05) is 69.2 Å². The number of amides is 5. The first kappa shape index (κ1) is 36.5. The van der Waals surface area contributed by atoms with Crippen molar-refractivity contribution < 1.29 is 24.0 Å². The topological polar surface area (TPSA) is 154 Å². The lowest BCUT2D eigenvalue weighted by Crippen LogP contribution is -2.62. The van der Waals surface area contributed by atoms with Crippen molar-refractivity contribution in [2.24, 2.45) is 27.9 Å². The van der Waals surface area contributed by atoms with E-state index in [1.54, 1.807) is 0 Å². The van der Waals surface area contributed by atoms with Gasteiger partial charge in [0.05, 0.1) is 6.04 Å². The molecule has 5 amide bonds. The Bertz CT molecular complexity index is 1020.